The summed E-state index contributed by atoms with van der Waals surface area (Å²) in [4.78, 5) is 0. The second-order valence-electron chi connectivity index (χ2n) is 4.52. The molecule has 0 saturated carbocycles. The zero-order chi connectivity index (χ0) is 13.4. The van der Waals surface area contributed by atoms with E-state index in [9.17, 15) is 0 Å². The molecular weight excluding hydrogens is 421 g/mol. The van der Waals surface area contributed by atoms with Gasteiger partial charge in [-0.3, -0.25) is 0 Å². The van der Waals surface area contributed by atoms with Crippen LogP contribution in [0, 0.1) is 23.7 Å². The van der Waals surface area contributed by atoms with Gasteiger partial charge in [0.2, 0.25) is 0 Å². The molecule has 0 fully saturated rings. The van der Waals surface area contributed by atoms with Crippen LogP contribution in [0.1, 0.15) is 33.9 Å². The minimum absolute atomic E-state index is 0.0401. The normalized spacial score (nSPS) is 12.8. The fraction of sp³-hybridized carbons (Fsp3) is 0.286. The van der Waals surface area contributed by atoms with Gasteiger partial charge in [-0.25, -0.2) is 0 Å². The highest BCUT2D eigenvalue weighted by atomic mass is 127. The molecule has 0 spiro atoms. The number of hydrogen-bond donors (Lipinski definition) is 1. The third kappa shape index (κ3) is 2.66. The summed E-state index contributed by atoms with van der Waals surface area (Å²) in [5, 5.41) is 2.15. The van der Waals surface area contributed by atoms with Crippen molar-refractivity contribution in [1.29, 1.82) is 0 Å². The molecule has 1 atom stereocenters. The molecule has 0 amide bonds. The summed E-state index contributed by atoms with van der Waals surface area (Å²) < 4.78 is 2.45. The lowest BCUT2D eigenvalue weighted by Gasteiger charge is -2.19. The Morgan fingerprint density at radius 2 is 1.89 bits per heavy atom. The van der Waals surface area contributed by atoms with Gasteiger partial charge in [-0.05, 0) is 82.6 Å². The molecule has 1 heterocycles. The van der Waals surface area contributed by atoms with Crippen LogP contribution in [0.5, 0.6) is 0 Å². The van der Waals surface area contributed by atoms with Crippen LogP contribution in [-0.2, 0) is 0 Å². The predicted molar refractivity (Wildman–Crippen MR) is 91.4 cm³/mol. The lowest BCUT2D eigenvalue weighted by Crippen LogP contribution is -2.14. The molecule has 1 unspecified atom stereocenters. The van der Waals surface area contributed by atoms with E-state index in [1.165, 1.54) is 35.2 Å². The Hall–Kier alpha value is 0.0900. The van der Waals surface area contributed by atoms with Crippen LogP contribution in [0.25, 0.3) is 0 Å². The molecule has 0 aliphatic rings. The Labute approximate surface area is 134 Å². The van der Waals surface area contributed by atoms with Gasteiger partial charge in [0.15, 0.2) is 0 Å². The minimum Gasteiger partial charge on any atom is -0.320 e. The first-order chi connectivity index (χ1) is 8.41. The number of nitrogens with two attached hydrogens (primary N) is 1. The Morgan fingerprint density at radius 3 is 2.44 bits per heavy atom. The molecule has 1 aromatic carbocycles. The topological polar surface area (TPSA) is 26.0 Å². The quantitative estimate of drug-likeness (QED) is 0.653. The van der Waals surface area contributed by atoms with Crippen LogP contribution in [0.4, 0.5) is 0 Å². The number of halogens is 2. The van der Waals surface area contributed by atoms with Gasteiger partial charge in [0, 0.05) is 4.47 Å². The van der Waals surface area contributed by atoms with Crippen LogP contribution < -0.4 is 5.73 Å². The van der Waals surface area contributed by atoms with E-state index in [1.807, 2.05) is 0 Å². The predicted octanol–water partition coefficient (Wildman–Crippen LogP) is 5.09. The van der Waals surface area contributed by atoms with Crippen molar-refractivity contribution in [2.45, 2.75) is 26.8 Å². The summed E-state index contributed by atoms with van der Waals surface area (Å²) in [6.45, 7) is 6.39. The number of aryl methyl sites for hydroxylation is 2. The second kappa shape index (κ2) is 5.61. The molecule has 2 aromatic rings. The van der Waals surface area contributed by atoms with Gasteiger partial charge >= 0.3 is 0 Å². The fourth-order valence-electron chi connectivity index (χ4n) is 2.31. The number of benzene rings is 1. The summed E-state index contributed by atoms with van der Waals surface area (Å²) in [5.41, 5.74) is 12.7. The zero-order valence-electron chi connectivity index (χ0n) is 10.6. The van der Waals surface area contributed by atoms with Gasteiger partial charge in [0.25, 0.3) is 0 Å². The zero-order valence-corrected chi connectivity index (χ0v) is 15.1. The average Bonchev–Trinajstić information content (AvgIpc) is 2.73. The molecule has 2 rings (SSSR count). The Bertz CT molecular complexity index is 592. The summed E-state index contributed by atoms with van der Waals surface area (Å²) in [5.74, 6) is 0. The Morgan fingerprint density at radius 1 is 1.22 bits per heavy atom. The molecule has 2 N–H and O–H groups in total. The van der Waals surface area contributed by atoms with E-state index in [0.29, 0.717) is 0 Å². The largest absolute Gasteiger partial charge is 0.320 e. The second-order valence-corrected chi connectivity index (χ2v) is 8.12. The van der Waals surface area contributed by atoms with E-state index >= 15 is 0 Å². The molecule has 0 bridgehead atoms. The number of thiophene rings is 1. The highest BCUT2D eigenvalue weighted by Gasteiger charge is 2.18. The molecule has 4 heteroatoms. The first kappa shape index (κ1) is 14.5. The molecular formula is C14H15BrINS. The molecule has 0 aliphatic carbocycles. The molecule has 1 aromatic heterocycles. The summed E-state index contributed by atoms with van der Waals surface area (Å²) in [7, 11) is 0. The number of hydrogen-bond acceptors (Lipinski definition) is 2. The van der Waals surface area contributed by atoms with Gasteiger partial charge in [-0.15, -0.1) is 11.3 Å². The van der Waals surface area contributed by atoms with Crippen molar-refractivity contribution >= 4 is 49.9 Å². The molecule has 0 aliphatic heterocycles. The van der Waals surface area contributed by atoms with Crippen molar-refractivity contribution in [3.8, 4) is 0 Å². The van der Waals surface area contributed by atoms with Crippen molar-refractivity contribution < 1.29 is 0 Å². The summed E-state index contributed by atoms with van der Waals surface area (Å²) >= 11 is 7.73. The van der Waals surface area contributed by atoms with Crippen molar-refractivity contribution in [2.75, 3.05) is 0 Å². The maximum Gasteiger partial charge on any atom is 0.0656 e. The van der Waals surface area contributed by atoms with Gasteiger partial charge < -0.3 is 5.73 Å². The SMILES string of the molecule is Cc1cc(C)c(C(N)c2csc(I)c2)c(C)c1Br. The van der Waals surface area contributed by atoms with Crippen molar-refractivity contribution in [1.82, 2.24) is 0 Å². The van der Waals surface area contributed by atoms with Crippen LogP contribution in [-0.4, -0.2) is 0 Å². The highest BCUT2D eigenvalue weighted by Crippen LogP contribution is 2.34. The van der Waals surface area contributed by atoms with E-state index in [2.05, 4.69) is 76.8 Å². The van der Waals surface area contributed by atoms with E-state index < -0.39 is 0 Å². The van der Waals surface area contributed by atoms with Gasteiger partial charge in [0.05, 0.1) is 8.93 Å². The third-order valence-electron chi connectivity index (χ3n) is 3.20. The van der Waals surface area contributed by atoms with E-state index in [0.717, 1.165) is 0 Å². The summed E-state index contributed by atoms with van der Waals surface area (Å²) in [6.07, 6.45) is 0. The Kier molecular flexibility index (Phi) is 4.52. The van der Waals surface area contributed by atoms with Gasteiger partial charge in [-0.2, -0.15) is 0 Å². The van der Waals surface area contributed by atoms with Crippen LogP contribution >= 0.6 is 49.9 Å². The van der Waals surface area contributed by atoms with E-state index in [1.54, 1.807) is 11.3 Å². The van der Waals surface area contributed by atoms with Crippen molar-refractivity contribution in [2.24, 2.45) is 5.73 Å². The molecule has 18 heavy (non-hydrogen) atoms. The van der Waals surface area contributed by atoms with Gasteiger partial charge in [-0.1, -0.05) is 22.0 Å². The minimum atomic E-state index is -0.0401. The smallest absolute Gasteiger partial charge is 0.0656 e. The molecule has 0 radical (unpaired) electrons. The maximum absolute atomic E-state index is 6.43. The van der Waals surface area contributed by atoms with Crippen molar-refractivity contribution in [3.05, 3.63) is 52.7 Å². The van der Waals surface area contributed by atoms with Crippen molar-refractivity contribution in [3.63, 3.8) is 0 Å². The number of rotatable bonds is 2. The average molecular weight is 436 g/mol. The van der Waals surface area contributed by atoms with Gasteiger partial charge in [0.1, 0.15) is 0 Å². The molecule has 1 nitrogen and oxygen atoms in total. The lowest BCUT2D eigenvalue weighted by molar-refractivity contribution is 0.852. The van der Waals surface area contributed by atoms with Crippen LogP contribution in [0.3, 0.4) is 0 Å². The maximum atomic E-state index is 6.43. The van der Waals surface area contributed by atoms with E-state index in [-0.39, 0.29) is 6.04 Å². The Balaban J connectivity index is 2.54. The first-order valence-electron chi connectivity index (χ1n) is 5.67. The van der Waals surface area contributed by atoms with E-state index in [4.69, 9.17) is 5.73 Å². The van der Waals surface area contributed by atoms with Crippen LogP contribution in [0.15, 0.2) is 22.0 Å². The molecule has 96 valence electrons. The first-order valence-corrected chi connectivity index (χ1v) is 8.42. The monoisotopic (exact) mass is 435 g/mol. The highest BCUT2D eigenvalue weighted by molar-refractivity contribution is 14.1. The third-order valence-corrected chi connectivity index (χ3v) is 6.22. The molecule has 0 saturated heterocycles. The summed E-state index contributed by atoms with van der Waals surface area (Å²) in [6, 6.07) is 4.33. The lowest BCUT2D eigenvalue weighted by atomic mass is 9.92. The fourth-order valence-corrected chi connectivity index (χ4v) is 4.04. The standard InChI is InChI=1S/C14H15BrINS/c1-7-4-8(2)13(15)9(3)12(7)14(17)10-5-11(16)18-6-10/h4-6,14H,17H2,1-3H3. The van der Waals surface area contributed by atoms with Crippen LogP contribution in [0.2, 0.25) is 0 Å².